The second-order valence-electron chi connectivity index (χ2n) is 6.67. The molecule has 0 unspecified atom stereocenters. The number of ketones is 1. The van der Waals surface area contributed by atoms with Gasteiger partial charge in [0, 0.05) is 22.7 Å². The minimum absolute atomic E-state index is 0.00416. The first-order valence-corrected chi connectivity index (χ1v) is 10.3. The molecule has 1 aliphatic heterocycles. The molecule has 1 N–H and O–H groups in total. The average Bonchev–Trinajstić information content (AvgIpc) is 3.17. The number of rotatable bonds is 6. The van der Waals surface area contributed by atoms with Crippen molar-refractivity contribution in [3.63, 3.8) is 0 Å². The molecule has 148 valence electrons. The first-order chi connectivity index (χ1) is 14.0. The summed E-state index contributed by atoms with van der Waals surface area (Å²) in [6.45, 7) is 3.80. The van der Waals surface area contributed by atoms with Crippen LogP contribution in [0.1, 0.15) is 29.8 Å². The fourth-order valence-electron chi connectivity index (χ4n) is 3.09. The number of carbonyl (C=O) groups is 2. The van der Waals surface area contributed by atoms with Gasteiger partial charge >= 0.3 is 0 Å². The summed E-state index contributed by atoms with van der Waals surface area (Å²) in [4.78, 5) is 28.4. The van der Waals surface area contributed by atoms with Gasteiger partial charge in [-0.2, -0.15) is 0 Å². The molecule has 1 amide bonds. The molecule has 0 spiro atoms. The summed E-state index contributed by atoms with van der Waals surface area (Å²) >= 11 is 1.41. The van der Waals surface area contributed by atoms with Crippen LogP contribution in [0.25, 0.3) is 10.9 Å². The summed E-state index contributed by atoms with van der Waals surface area (Å²) in [5, 5.41) is 4.68. The summed E-state index contributed by atoms with van der Waals surface area (Å²) < 4.78 is 10.9. The van der Waals surface area contributed by atoms with Crippen molar-refractivity contribution >= 4 is 40.0 Å². The number of thioether (sulfide) groups is 1. The molecule has 4 rings (SSSR count). The van der Waals surface area contributed by atoms with Gasteiger partial charge in [0.15, 0.2) is 17.3 Å². The molecule has 0 fully saturated rings. The van der Waals surface area contributed by atoms with Gasteiger partial charge in [-0.15, -0.1) is 0 Å². The van der Waals surface area contributed by atoms with E-state index in [1.807, 2.05) is 12.1 Å². The van der Waals surface area contributed by atoms with Crippen LogP contribution >= 0.6 is 11.8 Å². The number of nitrogens with one attached hydrogen (secondary N) is 1. The van der Waals surface area contributed by atoms with Crippen LogP contribution in [0, 0.1) is 0 Å². The number of benzene rings is 2. The maximum atomic E-state index is 12.4. The lowest BCUT2D eigenvalue weighted by Gasteiger charge is -2.10. The van der Waals surface area contributed by atoms with E-state index in [4.69, 9.17) is 14.5 Å². The maximum absolute atomic E-state index is 12.4. The van der Waals surface area contributed by atoms with Gasteiger partial charge in [-0.05, 0) is 55.3 Å². The molecule has 1 aromatic heterocycles. The van der Waals surface area contributed by atoms with E-state index < -0.39 is 0 Å². The third kappa shape index (κ3) is 4.19. The van der Waals surface area contributed by atoms with E-state index in [0.29, 0.717) is 17.0 Å². The molecular weight excluding hydrogens is 388 g/mol. The van der Waals surface area contributed by atoms with Crippen molar-refractivity contribution in [1.82, 2.24) is 4.98 Å². The summed E-state index contributed by atoms with van der Waals surface area (Å²) in [6, 6.07) is 12.8. The Kier molecular flexibility index (Phi) is 5.40. The van der Waals surface area contributed by atoms with Gasteiger partial charge < -0.3 is 14.8 Å². The number of aromatic nitrogens is 1. The van der Waals surface area contributed by atoms with Crippen LogP contribution in [-0.4, -0.2) is 29.2 Å². The van der Waals surface area contributed by atoms with Gasteiger partial charge in [0.1, 0.15) is 5.03 Å². The quantitative estimate of drug-likeness (QED) is 0.479. The molecule has 6 nitrogen and oxygen atoms in total. The van der Waals surface area contributed by atoms with Crippen molar-refractivity contribution in [3.8, 4) is 11.5 Å². The number of carbonyl (C=O) groups excluding carboxylic acids is 2. The molecule has 29 heavy (non-hydrogen) atoms. The highest BCUT2D eigenvalue weighted by atomic mass is 32.2. The number of pyridine rings is 1. The molecule has 0 bridgehead atoms. The Morgan fingerprint density at radius 3 is 2.52 bits per heavy atom. The number of nitrogens with zero attached hydrogens (tertiary/aromatic N) is 1. The van der Waals surface area contributed by atoms with E-state index in [1.54, 1.807) is 24.3 Å². The van der Waals surface area contributed by atoms with Crippen molar-refractivity contribution in [2.75, 3.05) is 17.9 Å². The third-order valence-electron chi connectivity index (χ3n) is 4.64. The predicted octanol–water partition coefficient (Wildman–Crippen LogP) is 4.46. The Balaban J connectivity index is 1.47. The molecule has 2 heterocycles. The van der Waals surface area contributed by atoms with Crippen LogP contribution in [0.15, 0.2) is 47.5 Å². The maximum Gasteiger partial charge on any atom is 0.234 e. The van der Waals surface area contributed by atoms with E-state index in [1.165, 1.54) is 18.7 Å². The summed E-state index contributed by atoms with van der Waals surface area (Å²) in [6.07, 6.45) is 0.813. The fraction of sp³-hybridized carbons (Fsp3) is 0.227. The number of aryl methyl sites for hydroxylation is 1. The zero-order chi connectivity index (χ0) is 20.4. The third-order valence-corrected chi connectivity index (χ3v) is 5.68. The van der Waals surface area contributed by atoms with Crippen LogP contribution in [0.3, 0.4) is 0 Å². The molecule has 7 heteroatoms. The van der Waals surface area contributed by atoms with Crippen LogP contribution in [0.2, 0.25) is 0 Å². The lowest BCUT2D eigenvalue weighted by atomic mass is 10.1. The summed E-state index contributed by atoms with van der Waals surface area (Å²) in [7, 11) is 0. The lowest BCUT2D eigenvalue weighted by Crippen LogP contribution is -2.14. The van der Waals surface area contributed by atoms with Crippen LogP contribution in [-0.2, 0) is 11.2 Å². The number of ether oxygens (including phenoxy) is 2. The lowest BCUT2D eigenvalue weighted by molar-refractivity contribution is -0.113. The average molecular weight is 408 g/mol. The normalized spacial score (nSPS) is 12.2. The Morgan fingerprint density at radius 2 is 1.83 bits per heavy atom. The van der Waals surface area contributed by atoms with Gasteiger partial charge in [-0.25, -0.2) is 4.98 Å². The first-order valence-electron chi connectivity index (χ1n) is 9.30. The minimum atomic E-state index is -0.125. The number of amides is 1. The van der Waals surface area contributed by atoms with Crippen LogP contribution in [0.4, 0.5) is 5.69 Å². The largest absolute Gasteiger partial charge is 0.454 e. The second kappa shape index (κ2) is 8.13. The van der Waals surface area contributed by atoms with Crippen LogP contribution < -0.4 is 14.8 Å². The Morgan fingerprint density at radius 1 is 1.10 bits per heavy atom. The van der Waals surface area contributed by atoms with Crippen molar-refractivity contribution in [2.45, 2.75) is 25.3 Å². The zero-order valence-electron chi connectivity index (χ0n) is 16.2. The molecular formula is C22H20N2O4S. The number of Topliss-reactive ketones (excluding diaryl/α,β-unsaturated/α-hetero) is 1. The number of hydrogen-bond donors (Lipinski definition) is 1. The predicted molar refractivity (Wildman–Crippen MR) is 113 cm³/mol. The van der Waals surface area contributed by atoms with Gasteiger partial charge in [0.2, 0.25) is 12.7 Å². The van der Waals surface area contributed by atoms with E-state index in [0.717, 1.165) is 33.7 Å². The van der Waals surface area contributed by atoms with Crippen LogP contribution in [0.5, 0.6) is 11.5 Å². The van der Waals surface area contributed by atoms with Gasteiger partial charge in [-0.3, -0.25) is 9.59 Å². The van der Waals surface area contributed by atoms with Crippen molar-refractivity contribution in [2.24, 2.45) is 0 Å². The number of fused-ring (bicyclic) bond motifs is 2. The Bertz CT molecular complexity index is 1100. The number of hydrogen-bond acceptors (Lipinski definition) is 6. The minimum Gasteiger partial charge on any atom is -0.454 e. The fourth-order valence-corrected chi connectivity index (χ4v) is 3.98. The van der Waals surface area contributed by atoms with Gasteiger partial charge in [0.25, 0.3) is 0 Å². The summed E-state index contributed by atoms with van der Waals surface area (Å²) in [5.74, 6) is 1.54. The molecule has 0 aliphatic carbocycles. The molecule has 3 aromatic rings. The van der Waals surface area contributed by atoms with Crippen molar-refractivity contribution in [3.05, 3.63) is 53.6 Å². The Labute approximate surface area is 172 Å². The van der Waals surface area contributed by atoms with E-state index in [-0.39, 0.29) is 24.2 Å². The standard InChI is InChI=1S/C22H20N2O4S/c1-3-14-8-16-9-19-20(28-12-27-19)10-18(16)24-22(14)29-11-21(26)23-17-6-4-15(5-7-17)13(2)25/h4-10H,3,11-12H2,1-2H3,(H,23,26). The molecule has 0 radical (unpaired) electrons. The highest BCUT2D eigenvalue weighted by Gasteiger charge is 2.17. The van der Waals surface area contributed by atoms with Gasteiger partial charge in [-0.1, -0.05) is 18.7 Å². The number of anilines is 1. The first kappa shape index (κ1) is 19.3. The molecule has 1 aliphatic rings. The monoisotopic (exact) mass is 408 g/mol. The molecule has 2 aromatic carbocycles. The topological polar surface area (TPSA) is 77.5 Å². The highest BCUT2D eigenvalue weighted by Crippen LogP contribution is 2.37. The van der Waals surface area contributed by atoms with Crippen molar-refractivity contribution in [1.29, 1.82) is 0 Å². The molecule has 0 saturated heterocycles. The van der Waals surface area contributed by atoms with E-state index in [2.05, 4.69) is 18.3 Å². The zero-order valence-corrected chi connectivity index (χ0v) is 17.0. The smallest absolute Gasteiger partial charge is 0.234 e. The van der Waals surface area contributed by atoms with Crippen molar-refractivity contribution < 1.29 is 19.1 Å². The molecule has 0 atom stereocenters. The second-order valence-corrected chi connectivity index (χ2v) is 7.64. The van der Waals surface area contributed by atoms with E-state index in [9.17, 15) is 9.59 Å². The highest BCUT2D eigenvalue weighted by molar-refractivity contribution is 8.00. The summed E-state index contributed by atoms with van der Waals surface area (Å²) in [5.41, 5.74) is 3.18. The van der Waals surface area contributed by atoms with Gasteiger partial charge in [0.05, 0.1) is 11.3 Å². The SMILES string of the molecule is CCc1cc2cc3c(cc2nc1SCC(=O)Nc1ccc(C(C)=O)cc1)OCO3. The van der Waals surface area contributed by atoms with E-state index >= 15 is 0 Å². The molecule has 0 saturated carbocycles. The Hall–Kier alpha value is -3.06.